The zero-order valence-corrected chi connectivity index (χ0v) is 21.0. The van der Waals surface area contributed by atoms with E-state index < -0.39 is 5.60 Å². The van der Waals surface area contributed by atoms with Gasteiger partial charge in [-0.2, -0.15) is 0 Å². The van der Waals surface area contributed by atoms with E-state index in [0.717, 1.165) is 37.9 Å². The highest BCUT2D eigenvalue weighted by atomic mass is 79.9. The minimum atomic E-state index is -0.679. The first-order valence-electron chi connectivity index (χ1n) is 11.2. The van der Waals surface area contributed by atoms with Crippen LogP contribution in [0.2, 0.25) is 0 Å². The van der Waals surface area contributed by atoms with Gasteiger partial charge in [-0.25, -0.2) is 0 Å². The third-order valence-corrected chi connectivity index (χ3v) is 7.02. The maximum atomic E-state index is 10.0. The molecule has 2 aromatic rings. The molecule has 0 saturated heterocycles. The van der Waals surface area contributed by atoms with E-state index in [1.54, 1.807) is 0 Å². The predicted molar refractivity (Wildman–Crippen MR) is 136 cm³/mol. The summed E-state index contributed by atoms with van der Waals surface area (Å²) in [5.74, 6) is 0.910. The fourth-order valence-electron chi connectivity index (χ4n) is 3.27. The van der Waals surface area contributed by atoms with E-state index in [2.05, 4.69) is 90.5 Å². The Balaban J connectivity index is 1.69. The van der Waals surface area contributed by atoms with E-state index in [1.807, 2.05) is 19.9 Å². The SMILES string of the molecule is CC(=CCOc1ccc(Cc2ccccc2)cc1)CC/C=C(/C)CCC(Br)C(C)(C)O. The first-order valence-corrected chi connectivity index (χ1v) is 12.1. The fraction of sp³-hybridized carbons (Fsp3) is 0.429. The molecular weight excluding hydrogens is 448 g/mol. The summed E-state index contributed by atoms with van der Waals surface area (Å²) in [5, 5.41) is 10.0. The standard InChI is InChI=1S/C28H37BrO2/c1-22(13-18-27(29)28(3,4)30)9-8-10-23(2)19-20-31-26-16-14-25(15-17-26)21-24-11-6-5-7-12-24/h5-7,9,11-12,14-17,19,27,30H,8,10,13,18,20-21H2,1-4H3/b22-9-,23-19?. The molecule has 0 aliphatic rings. The van der Waals surface area contributed by atoms with Crippen LogP contribution in [0.5, 0.6) is 5.75 Å². The van der Waals surface area contributed by atoms with Gasteiger partial charge < -0.3 is 9.84 Å². The van der Waals surface area contributed by atoms with Crippen molar-refractivity contribution < 1.29 is 9.84 Å². The van der Waals surface area contributed by atoms with Crippen LogP contribution in [0.15, 0.2) is 77.9 Å². The van der Waals surface area contributed by atoms with Gasteiger partial charge in [-0.15, -0.1) is 0 Å². The lowest BCUT2D eigenvalue weighted by Crippen LogP contribution is -2.31. The number of hydrogen-bond donors (Lipinski definition) is 1. The van der Waals surface area contributed by atoms with Crippen LogP contribution < -0.4 is 4.74 Å². The van der Waals surface area contributed by atoms with Gasteiger partial charge in [0.15, 0.2) is 0 Å². The van der Waals surface area contributed by atoms with Crippen molar-refractivity contribution in [1.82, 2.24) is 0 Å². The summed E-state index contributed by atoms with van der Waals surface area (Å²) < 4.78 is 5.89. The maximum absolute atomic E-state index is 10.0. The highest BCUT2D eigenvalue weighted by Crippen LogP contribution is 2.24. The van der Waals surface area contributed by atoms with Crippen molar-refractivity contribution >= 4 is 15.9 Å². The van der Waals surface area contributed by atoms with Crippen LogP contribution in [-0.2, 0) is 6.42 Å². The van der Waals surface area contributed by atoms with Gasteiger partial charge in [-0.1, -0.05) is 75.6 Å². The van der Waals surface area contributed by atoms with E-state index in [9.17, 15) is 5.11 Å². The van der Waals surface area contributed by atoms with Crippen LogP contribution in [0.25, 0.3) is 0 Å². The number of rotatable bonds is 12. The van der Waals surface area contributed by atoms with Gasteiger partial charge in [0.05, 0.1) is 5.60 Å². The molecule has 0 aliphatic carbocycles. The molecule has 0 saturated carbocycles. The van der Waals surface area contributed by atoms with Crippen molar-refractivity contribution in [3.63, 3.8) is 0 Å². The number of ether oxygens (including phenoxy) is 1. The number of benzene rings is 2. The van der Waals surface area contributed by atoms with Crippen molar-refractivity contribution in [2.75, 3.05) is 6.61 Å². The quantitative estimate of drug-likeness (QED) is 0.247. The summed E-state index contributed by atoms with van der Waals surface area (Å²) in [6.07, 6.45) is 9.46. The molecule has 1 atom stereocenters. The van der Waals surface area contributed by atoms with Crippen LogP contribution in [0.1, 0.15) is 64.5 Å². The molecule has 2 aromatic carbocycles. The molecule has 2 nitrogen and oxygen atoms in total. The predicted octanol–water partition coefficient (Wildman–Crippen LogP) is 7.64. The molecule has 0 heterocycles. The molecule has 2 rings (SSSR count). The van der Waals surface area contributed by atoms with Crippen molar-refractivity contribution in [2.24, 2.45) is 0 Å². The fourth-order valence-corrected chi connectivity index (χ4v) is 3.50. The maximum Gasteiger partial charge on any atom is 0.119 e. The van der Waals surface area contributed by atoms with E-state index in [1.165, 1.54) is 22.3 Å². The Morgan fingerprint density at radius 2 is 1.55 bits per heavy atom. The second-order valence-electron chi connectivity index (χ2n) is 8.92. The van der Waals surface area contributed by atoms with E-state index >= 15 is 0 Å². The highest BCUT2D eigenvalue weighted by Gasteiger charge is 2.23. The lowest BCUT2D eigenvalue weighted by Gasteiger charge is -2.24. The Kier molecular flexibility index (Phi) is 10.6. The molecule has 0 fully saturated rings. The first kappa shape index (κ1) is 25.4. The summed E-state index contributed by atoms with van der Waals surface area (Å²) in [6, 6.07) is 18.9. The summed E-state index contributed by atoms with van der Waals surface area (Å²) in [6.45, 7) is 8.64. The topological polar surface area (TPSA) is 29.5 Å². The Hall–Kier alpha value is -1.84. The summed E-state index contributed by atoms with van der Waals surface area (Å²) in [4.78, 5) is 0.120. The Bertz CT molecular complexity index is 830. The molecule has 0 aromatic heterocycles. The van der Waals surface area contributed by atoms with Crippen molar-refractivity contribution in [3.8, 4) is 5.75 Å². The minimum Gasteiger partial charge on any atom is -0.490 e. The van der Waals surface area contributed by atoms with Gasteiger partial charge in [0.2, 0.25) is 0 Å². The van der Waals surface area contributed by atoms with Crippen LogP contribution in [-0.4, -0.2) is 22.1 Å². The highest BCUT2D eigenvalue weighted by molar-refractivity contribution is 9.09. The van der Waals surface area contributed by atoms with Crippen molar-refractivity contribution in [2.45, 2.75) is 70.2 Å². The van der Waals surface area contributed by atoms with Crippen LogP contribution in [0, 0.1) is 0 Å². The minimum absolute atomic E-state index is 0.120. The number of halogens is 1. The molecule has 0 radical (unpaired) electrons. The van der Waals surface area contributed by atoms with Gasteiger partial charge in [-0.3, -0.25) is 0 Å². The summed E-state index contributed by atoms with van der Waals surface area (Å²) in [5.41, 5.74) is 4.67. The van der Waals surface area contributed by atoms with Gasteiger partial charge in [0, 0.05) is 4.83 Å². The molecule has 0 amide bonds. The number of alkyl halides is 1. The molecule has 0 aliphatic heterocycles. The zero-order valence-electron chi connectivity index (χ0n) is 19.4. The molecule has 0 spiro atoms. The molecule has 1 unspecified atom stereocenters. The number of aliphatic hydroxyl groups is 1. The third-order valence-electron chi connectivity index (χ3n) is 5.45. The van der Waals surface area contributed by atoms with E-state index in [-0.39, 0.29) is 4.83 Å². The van der Waals surface area contributed by atoms with Gasteiger partial charge in [0.25, 0.3) is 0 Å². The lowest BCUT2D eigenvalue weighted by atomic mass is 9.98. The van der Waals surface area contributed by atoms with Crippen molar-refractivity contribution in [3.05, 3.63) is 89.0 Å². The monoisotopic (exact) mass is 484 g/mol. The average Bonchev–Trinajstić information content (AvgIpc) is 2.73. The second kappa shape index (κ2) is 12.9. The number of allylic oxidation sites excluding steroid dienone is 3. The third kappa shape index (κ3) is 10.3. The van der Waals surface area contributed by atoms with Crippen LogP contribution >= 0.6 is 15.9 Å². The molecule has 3 heteroatoms. The van der Waals surface area contributed by atoms with Crippen LogP contribution in [0.4, 0.5) is 0 Å². The normalized spacial score (nSPS) is 13.9. The average molecular weight is 486 g/mol. The molecule has 0 bridgehead atoms. The second-order valence-corrected chi connectivity index (χ2v) is 10.0. The largest absolute Gasteiger partial charge is 0.490 e. The van der Waals surface area contributed by atoms with Crippen LogP contribution in [0.3, 0.4) is 0 Å². The summed E-state index contributed by atoms with van der Waals surface area (Å²) >= 11 is 3.58. The first-order chi connectivity index (χ1) is 14.7. The zero-order chi connectivity index (χ0) is 22.7. The van der Waals surface area contributed by atoms with Gasteiger partial charge >= 0.3 is 0 Å². The Morgan fingerprint density at radius 1 is 0.935 bits per heavy atom. The Labute approximate surface area is 197 Å². The van der Waals surface area contributed by atoms with E-state index in [4.69, 9.17) is 4.74 Å². The van der Waals surface area contributed by atoms with Gasteiger partial charge in [0.1, 0.15) is 12.4 Å². The molecule has 1 N–H and O–H groups in total. The molecular formula is C28H37BrO2. The summed E-state index contributed by atoms with van der Waals surface area (Å²) in [7, 11) is 0. The Morgan fingerprint density at radius 3 is 2.19 bits per heavy atom. The van der Waals surface area contributed by atoms with Gasteiger partial charge in [-0.05, 0) is 89.1 Å². The van der Waals surface area contributed by atoms with E-state index in [0.29, 0.717) is 6.61 Å². The number of hydrogen-bond acceptors (Lipinski definition) is 2. The van der Waals surface area contributed by atoms with Crippen molar-refractivity contribution in [1.29, 1.82) is 0 Å². The molecule has 168 valence electrons. The lowest BCUT2D eigenvalue weighted by molar-refractivity contribution is 0.0774. The smallest absolute Gasteiger partial charge is 0.119 e. The molecule has 31 heavy (non-hydrogen) atoms.